The van der Waals surface area contributed by atoms with Crippen LogP contribution in [0, 0.1) is 0 Å². The molecule has 0 radical (unpaired) electrons. The van der Waals surface area contributed by atoms with E-state index in [1.165, 1.54) is 0 Å². The number of aromatic nitrogens is 2. The number of amides is 1. The summed E-state index contributed by atoms with van der Waals surface area (Å²) in [5.74, 6) is 1.32. The lowest BCUT2D eigenvalue weighted by molar-refractivity contribution is 0.0759. The largest absolute Gasteiger partial charge is 0.486 e. The Morgan fingerprint density at radius 3 is 2.86 bits per heavy atom. The molecule has 2 heterocycles. The molecule has 2 aromatic carbocycles. The Morgan fingerprint density at radius 1 is 1.21 bits per heavy atom. The fraction of sp³-hybridized carbons (Fsp3) is 0.238. The number of ether oxygens (including phenoxy) is 2. The lowest BCUT2D eigenvalue weighted by Gasteiger charge is -2.26. The van der Waals surface area contributed by atoms with Crippen LogP contribution in [0.15, 0.2) is 60.9 Å². The highest BCUT2D eigenvalue weighted by Crippen LogP contribution is 2.31. The van der Waals surface area contributed by atoms with Crippen molar-refractivity contribution < 1.29 is 14.3 Å². The molecule has 144 valence electrons. The minimum atomic E-state index is -0.172. The molecule has 1 aliphatic rings. The molecule has 3 aromatic rings. The van der Waals surface area contributed by atoms with E-state index in [2.05, 4.69) is 10.4 Å². The molecule has 0 spiro atoms. The Bertz CT molecular complexity index is 983. The Balaban J connectivity index is 1.38. The Labute approximate surface area is 163 Å². The lowest BCUT2D eigenvalue weighted by Crippen LogP contribution is -2.33. The van der Waals surface area contributed by atoms with Gasteiger partial charge in [-0.2, -0.15) is 5.10 Å². The van der Waals surface area contributed by atoms with E-state index < -0.39 is 0 Å². The van der Waals surface area contributed by atoms with Crippen molar-refractivity contribution in [2.45, 2.75) is 12.6 Å². The Hall–Kier alpha value is -3.48. The predicted octanol–water partition coefficient (Wildman–Crippen LogP) is 3.04. The number of carbonyl (C=O) groups is 1. The third-order valence-corrected chi connectivity index (χ3v) is 4.47. The van der Waals surface area contributed by atoms with Crippen LogP contribution in [0.2, 0.25) is 0 Å². The monoisotopic (exact) mass is 378 g/mol. The summed E-state index contributed by atoms with van der Waals surface area (Å²) in [6.45, 7) is 0.982. The van der Waals surface area contributed by atoms with Gasteiger partial charge < -0.3 is 19.7 Å². The third kappa shape index (κ3) is 3.93. The summed E-state index contributed by atoms with van der Waals surface area (Å²) in [5.41, 5.74) is 2.20. The molecule has 1 amide bonds. The first-order valence-electron chi connectivity index (χ1n) is 9.08. The first kappa shape index (κ1) is 17.9. The van der Waals surface area contributed by atoms with Gasteiger partial charge in [-0.05, 0) is 30.3 Å². The maximum atomic E-state index is 12.5. The highest BCUT2D eigenvalue weighted by molar-refractivity contribution is 6.04. The van der Waals surface area contributed by atoms with Crippen LogP contribution in [-0.2, 0) is 6.54 Å². The number of para-hydroxylation sites is 2. The van der Waals surface area contributed by atoms with Crippen molar-refractivity contribution >= 4 is 17.3 Å². The van der Waals surface area contributed by atoms with Crippen molar-refractivity contribution in [2.24, 2.45) is 0 Å². The average Bonchev–Trinajstić information content (AvgIpc) is 3.14. The normalized spacial score (nSPS) is 15.1. The fourth-order valence-electron chi connectivity index (χ4n) is 3.02. The maximum absolute atomic E-state index is 12.5. The molecule has 28 heavy (non-hydrogen) atoms. The van der Waals surface area contributed by atoms with E-state index in [-0.39, 0.29) is 12.0 Å². The number of rotatable bonds is 5. The van der Waals surface area contributed by atoms with Gasteiger partial charge in [-0.3, -0.25) is 9.48 Å². The molecule has 1 aliphatic heterocycles. The number of nitrogens with zero attached hydrogens (tertiary/aromatic N) is 3. The quantitative estimate of drug-likeness (QED) is 0.739. The molecule has 1 N–H and O–H groups in total. The smallest absolute Gasteiger partial charge is 0.255 e. The maximum Gasteiger partial charge on any atom is 0.255 e. The number of fused-ring (bicyclic) bond motifs is 1. The predicted molar refractivity (Wildman–Crippen MR) is 107 cm³/mol. The van der Waals surface area contributed by atoms with Crippen LogP contribution in [0.25, 0.3) is 0 Å². The standard InChI is InChI=1S/C21H22N4O3/c1-24(2)17-7-5-6-15(10-17)21(26)23-16-11-22-25(12-16)13-18-14-27-19-8-3-4-9-20(19)28-18/h3-12,18H,13-14H2,1-2H3,(H,23,26)/t18-/m0/s1. The molecule has 0 unspecified atom stereocenters. The second-order valence-corrected chi connectivity index (χ2v) is 6.85. The summed E-state index contributed by atoms with van der Waals surface area (Å²) in [6, 6.07) is 15.1. The molecule has 1 atom stereocenters. The molecule has 4 rings (SSSR count). The number of anilines is 2. The van der Waals surface area contributed by atoms with Crippen LogP contribution in [0.5, 0.6) is 11.5 Å². The van der Waals surface area contributed by atoms with E-state index in [1.807, 2.05) is 61.5 Å². The van der Waals surface area contributed by atoms with Crippen molar-refractivity contribution in [1.29, 1.82) is 0 Å². The number of hydrogen-bond acceptors (Lipinski definition) is 5. The van der Waals surface area contributed by atoms with Crippen LogP contribution in [0.4, 0.5) is 11.4 Å². The summed E-state index contributed by atoms with van der Waals surface area (Å²) in [4.78, 5) is 14.5. The van der Waals surface area contributed by atoms with Gasteiger partial charge in [0.15, 0.2) is 17.6 Å². The SMILES string of the molecule is CN(C)c1cccc(C(=O)Nc2cnn(C[C@H]3COc4ccccc4O3)c2)c1. The topological polar surface area (TPSA) is 68.6 Å². The summed E-state index contributed by atoms with van der Waals surface area (Å²) < 4.78 is 13.4. The summed E-state index contributed by atoms with van der Waals surface area (Å²) in [7, 11) is 3.88. The zero-order valence-corrected chi connectivity index (χ0v) is 15.8. The molecule has 0 saturated carbocycles. The minimum Gasteiger partial charge on any atom is -0.486 e. The van der Waals surface area contributed by atoms with Crippen LogP contribution in [-0.4, -0.2) is 42.5 Å². The van der Waals surface area contributed by atoms with E-state index in [0.29, 0.717) is 24.4 Å². The minimum absolute atomic E-state index is 0.143. The number of hydrogen-bond donors (Lipinski definition) is 1. The van der Waals surface area contributed by atoms with Crippen molar-refractivity contribution in [3.8, 4) is 11.5 Å². The van der Waals surface area contributed by atoms with Gasteiger partial charge in [0, 0.05) is 31.5 Å². The van der Waals surface area contributed by atoms with E-state index in [9.17, 15) is 4.79 Å². The molecule has 0 aliphatic carbocycles. The van der Waals surface area contributed by atoms with Gasteiger partial charge in [0.2, 0.25) is 0 Å². The van der Waals surface area contributed by atoms with Crippen molar-refractivity contribution in [2.75, 3.05) is 30.9 Å². The number of benzene rings is 2. The molecule has 1 aromatic heterocycles. The molecule has 7 heteroatoms. The van der Waals surface area contributed by atoms with Crippen LogP contribution in [0.1, 0.15) is 10.4 Å². The highest BCUT2D eigenvalue weighted by Gasteiger charge is 2.21. The first-order chi connectivity index (χ1) is 13.6. The number of carbonyl (C=O) groups excluding carboxylic acids is 1. The second-order valence-electron chi connectivity index (χ2n) is 6.85. The van der Waals surface area contributed by atoms with Gasteiger partial charge in [0.05, 0.1) is 18.4 Å². The fourth-order valence-corrected chi connectivity index (χ4v) is 3.02. The Morgan fingerprint density at radius 2 is 2.04 bits per heavy atom. The van der Waals surface area contributed by atoms with Gasteiger partial charge in [-0.25, -0.2) is 0 Å². The summed E-state index contributed by atoms with van der Waals surface area (Å²) in [5, 5.41) is 7.20. The highest BCUT2D eigenvalue weighted by atomic mass is 16.6. The van der Waals surface area contributed by atoms with E-state index >= 15 is 0 Å². The van der Waals surface area contributed by atoms with Gasteiger partial charge in [0.25, 0.3) is 5.91 Å². The summed E-state index contributed by atoms with van der Waals surface area (Å²) in [6.07, 6.45) is 3.28. The van der Waals surface area contributed by atoms with Crippen LogP contribution >= 0.6 is 0 Å². The third-order valence-electron chi connectivity index (χ3n) is 4.47. The van der Waals surface area contributed by atoms with Gasteiger partial charge in [-0.15, -0.1) is 0 Å². The molecule has 0 bridgehead atoms. The molecule has 7 nitrogen and oxygen atoms in total. The zero-order chi connectivity index (χ0) is 19.5. The van der Waals surface area contributed by atoms with Gasteiger partial charge >= 0.3 is 0 Å². The van der Waals surface area contributed by atoms with Crippen LogP contribution in [0.3, 0.4) is 0 Å². The van der Waals surface area contributed by atoms with E-state index in [0.717, 1.165) is 17.2 Å². The summed E-state index contributed by atoms with van der Waals surface area (Å²) >= 11 is 0. The lowest BCUT2D eigenvalue weighted by atomic mass is 10.2. The zero-order valence-electron chi connectivity index (χ0n) is 15.8. The Kier molecular flexibility index (Phi) is 4.89. The second kappa shape index (κ2) is 7.64. The van der Waals surface area contributed by atoms with Gasteiger partial charge in [0.1, 0.15) is 6.61 Å². The van der Waals surface area contributed by atoms with Crippen LogP contribution < -0.4 is 19.7 Å². The molecular weight excluding hydrogens is 356 g/mol. The molecule has 0 saturated heterocycles. The number of nitrogens with one attached hydrogen (secondary N) is 1. The first-order valence-corrected chi connectivity index (χ1v) is 9.08. The van der Waals surface area contributed by atoms with Crippen molar-refractivity contribution in [3.63, 3.8) is 0 Å². The van der Waals surface area contributed by atoms with E-state index in [4.69, 9.17) is 9.47 Å². The van der Waals surface area contributed by atoms with Crippen molar-refractivity contribution in [1.82, 2.24) is 9.78 Å². The van der Waals surface area contributed by atoms with E-state index in [1.54, 1.807) is 23.1 Å². The van der Waals surface area contributed by atoms with Gasteiger partial charge in [-0.1, -0.05) is 18.2 Å². The molecular formula is C21H22N4O3. The van der Waals surface area contributed by atoms with Crippen molar-refractivity contribution in [3.05, 3.63) is 66.5 Å². The molecule has 0 fully saturated rings. The average molecular weight is 378 g/mol.